The first-order valence-corrected chi connectivity index (χ1v) is 7.38. The molecule has 0 N–H and O–H groups in total. The van der Waals surface area contributed by atoms with E-state index in [2.05, 4.69) is 0 Å². The van der Waals surface area contributed by atoms with Crippen LogP contribution in [0, 0.1) is 17.0 Å². The van der Waals surface area contributed by atoms with Crippen LogP contribution in [-0.4, -0.2) is 18.1 Å². The van der Waals surface area contributed by atoms with Crippen molar-refractivity contribution in [2.24, 2.45) is 0 Å². The molecule has 1 heterocycles. The van der Waals surface area contributed by atoms with Crippen LogP contribution >= 0.6 is 11.6 Å². The SMILES string of the molecule is Cc1ccc([N+](=O)[O-])c(OCc2cc(Cl)c3c(c2)OCCO3)c1. The van der Waals surface area contributed by atoms with Crippen molar-refractivity contribution in [3.8, 4) is 17.2 Å². The molecule has 0 amide bonds. The number of fused-ring (bicyclic) bond motifs is 1. The number of rotatable bonds is 4. The average Bonchev–Trinajstić information content (AvgIpc) is 2.53. The summed E-state index contributed by atoms with van der Waals surface area (Å²) in [5.74, 6) is 1.30. The van der Waals surface area contributed by atoms with Gasteiger partial charge < -0.3 is 14.2 Å². The summed E-state index contributed by atoms with van der Waals surface area (Å²) < 4.78 is 16.6. The first-order chi connectivity index (χ1) is 11.0. The van der Waals surface area contributed by atoms with Crippen molar-refractivity contribution in [2.45, 2.75) is 13.5 Å². The van der Waals surface area contributed by atoms with Crippen molar-refractivity contribution in [3.05, 3.63) is 56.6 Å². The zero-order valence-corrected chi connectivity index (χ0v) is 13.1. The van der Waals surface area contributed by atoms with Crippen LogP contribution in [0.25, 0.3) is 0 Å². The molecule has 23 heavy (non-hydrogen) atoms. The second-order valence-electron chi connectivity index (χ2n) is 5.12. The van der Waals surface area contributed by atoms with Crippen molar-refractivity contribution in [3.63, 3.8) is 0 Å². The van der Waals surface area contributed by atoms with Gasteiger partial charge in [0.25, 0.3) is 0 Å². The molecule has 0 aliphatic carbocycles. The maximum atomic E-state index is 11.1. The first kappa shape index (κ1) is 15.4. The van der Waals surface area contributed by atoms with Gasteiger partial charge in [-0.1, -0.05) is 17.7 Å². The Balaban J connectivity index is 1.83. The van der Waals surface area contributed by atoms with E-state index in [9.17, 15) is 10.1 Å². The van der Waals surface area contributed by atoms with Gasteiger partial charge in [0, 0.05) is 6.07 Å². The number of benzene rings is 2. The molecule has 0 atom stereocenters. The Hall–Kier alpha value is -2.47. The van der Waals surface area contributed by atoms with Gasteiger partial charge in [-0.15, -0.1) is 0 Å². The molecule has 0 fully saturated rings. The van der Waals surface area contributed by atoms with Crippen molar-refractivity contribution in [1.29, 1.82) is 0 Å². The van der Waals surface area contributed by atoms with E-state index in [1.165, 1.54) is 6.07 Å². The Bertz CT molecular complexity index is 762. The lowest BCUT2D eigenvalue weighted by atomic mass is 10.2. The maximum absolute atomic E-state index is 11.1. The number of ether oxygens (including phenoxy) is 3. The number of hydrogen-bond acceptors (Lipinski definition) is 5. The van der Waals surface area contributed by atoms with Crippen molar-refractivity contribution in [1.82, 2.24) is 0 Å². The highest BCUT2D eigenvalue weighted by atomic mass is 35.5. The number of nitrogens with zero attached hydrogens (tertiary/aromatic N) is 1. The predicted octanol–water partition coefficient (Wildman–Crippen LogP) is 3.91. The molecule has 7 heteroatoms. The molecule has 0 saturated carbocycles. The highest BCUT2D eigenvalue weighted by molar-refractivity contribution is 6.32. The van der Waals surface area contributed by atoms with Crippen LogP contribution in [0.1, 0.15) is 11.1 Å². The zero-order valence-electron chi connectivity index (χ0n) is 12.4. The second-order valence-corrected chi connectivity index (χ2v) is 5.53. The minimum Gasteiger partial charge on any atom is -0.486 e. The topological polar surface area (TPSA) is 70.8 Å². The van der Waals surface area contributed by atoms with E-state index in [4.69, 9.17) is 25.8 Å². The molecule has 0 bridgehead atoms. The van der Waals surface area contributed by atoms with Gasteiger partial charge in [-0.3, -0.25) is 10.1 Å². The Kier molecular flexibility index (Phi) is 4.25. The third kappa shape index (κ3) is 3.32. The molecule has 3 rings (SSSR count). The molecule has 0 aromatic heterocycles. The molecular weight excluding hydrogens is 322 g/mol. The molecule has 0 spiro atoms. The Morgan fingerprint density at radius 2 is 2.04 bits per heavy atom. The minimum absolute atomic E-state index is 0.0701. The lowest BCUT2D eigenvalue weighted by Gasteiger charge is -2.20. The van der Waals surface area contributed by atoms with Gasteiger partial charge in [0.15, 0.2) is 17.2 Å². The number of hydrogen-bond donors (Lipinski definition) is 0. The van der Waals surface area contributed by atoms with Gasteiger partial charge in [0.2, 0.25) is 0 Å². The summed E-state index contributed by atoms with van der Waals surface area (Å²) >= 11 is 6.17. The maximum Gasteiger partial charge on any atom is 0.310 e. The summed E-state index contributed by atoms with van der Waals surface area (Å²) in [4.78, 5) is 10.6. The van der Waals surface area contributed by atoms with E-state index in [1.807, 2.05) is 6.92 Å². The smallest absolute Gasteiger partial charge is 0.310 e. The van der Waals surface area contributed by atoms with Gasteiger partial charge in [0.1, 0.15) is 19.8 Å². The molecular formula is C16H14ClNO5. The number of halogens is 1. The molecule has 120 valence electrons. The van der Waals surface area contributed by atoms with E-state index in [0.29, 0.717) is 29.7 Å². The third-order valence-corrected chi connectivity index (χ3v) is 3.64. The Labute approximate surface area is 137 Å². The largest absolute Gasteiger partial charge is 0.486 e. The van der Waals surface area contributed by atoms with Crippen molar-refractivity contribution < 1.29 is 19.1 Å². The molecule has 2 aromatic carbocycles. The average molecular weight is 336 g/mol. The lowest BCUT2D eigenvalue weighted by molar-refractivity contribution is -0.386. The standard InChI is InChI=1S/C16H14ClNO5/c1-10-2-3-13(18(19)20)14(6-10)23-9-11-7-12(17)16-15(8-11)21-4-5-22-16/h2-3,6-8H,4-5,9H2,1H3. The quantitative estimate of drug-likeness (QED) is 0.626. The number of nitro groups is 1. The molecule has 1 aliphatic heterocycles. The monoisotopic (exact) mass is 335 g/mol. The van der Waals surface area contributed by atoms with Gasteiger partial charge in [-0.25, -0.2) is 0 Å². The molecule has 1 aliphatic rings. The summed E-state index contributed by atoms with van der Waals surface area (Å²) in [5.41, 5.74) is 1.56. The van der Waals surface area contributed by atoms with E-state index < -0.39 is 4.92 Å². The normalized spacial score (nSPS) is 12.8. The number of aryl methyl sites for hydroxylation is 1. The molecule has 2 aromatic rings. The van der Waals surface area contributed by atoms with Crippen LogP contribution in [0.15, 0.2) is 30.3 Å². The van der Waals surface area contributed by atoms with E-state index in [1.54, 1.807) is 24.3 Å². The van der Waals surface area contributed by atoms with E-state index >= 15 is 0 Å². The molecule has 6 nitrogen and oxygen atoms in total. The van der Waals surface area contributed by atoms with Crippen LogP contribution in [0.4, 0.5) is 5.69 Å². The van der Waals surface area contributed by atoms with Gasteiger partial charge in [-0.2, -0.15) is 0 Å². The van der Waals surface area contributed by atoms with Gasteiger partial charge in [0.05, 0.1) is 9.95 Å². The summed E-state index contributed by atoms with van der Waals surface area (Å²) in [6, 6.07) is 8.21. The van der Waals surface area contributed by atoms with Crippen LogP contribution in [0.2, 0.25) is 5.02 Å². The van der Waals surface area contributed by atoms with Crippen LogP contribution in [-0.2, 0) is 6.61 Å². The van der Waals surface area contributed by atoms with Gasteiger partial charge in [-0.05, 0) is 36.2 Å². The minimum atomic E-state index is -0.467. The van der Waals surface area contributed by atoms with Crippen molar-refractivity contribution >= 4 is 17.3 Å². The van der Waals surface area contributed by atoms with Crippen LogP contribution in [0.5, 0.6) is 17.2 Å². The third-order valence-electron chi connectivity index (χ3n) is 3.36. The highest BCUT2D eigenvalue weighted by Gasteiger charge is 2.18. The first-order valence-electron chi connectivity index (χ1n) is 7.00. The zero-order chi connectivity index (χ0) is 16.4. The summed E-state index contributed by atoms with van der Waals surface area (Å²) in [7, 11) is 0. The van der Waals surface area contributed by atoms with Crippen LogP contribution < -0.4 is 14.2 Å². The highest BCUT2D eigenvalue weighted by Crippen LogP contribution is 2.38. The van der Waals surface area contributed by atoms with Gasteiger partial charge >= 0.3 is 5.69 Å². The summed E-state index contributed by atoms with van der Waals surface area (Å²) in [5, 5.41) is 11.5. The molecule has 0 radical (unpaired) electrons. The van der Waals surface area contributed by atoms with E-state index in [0.717, 1.165) is 11.1 Å². The van der Waals surface area contributed by atoms with Crippen LogP contribution in [0.3, 0.4) is 0 Å². The fourth-order valence-corrected chi connectivity index (χ4v) is 2.58. The van der Waals surface area contributed by atoms with Crippen molar-refractivity contribution in [2.75, 3.05) is 13.2 Å². The Morgan fingerprint density at radius 3 is 2.83 bits per heavy atom. The second kappa shape index (κ2) is 6.34. The lowest BCUT2D eigenvalue weighted by Crippen LogP contribution is -2.16. The summed E-state index contributed by atoms with van der Waals surface area (Å²) in [6.07, 6.45) is 0. The fraction of sp³-hybridized carbons (Fsp3) is 0.250. The van der Waals surface area contributed by atoms with E-state index in [-0.39, 0.29) is 18.0 Å². The number of nitro benzene ring substituents is 1. The fourth-order valence-electron chi connectivity index (χ4n) is 2.30. The Morgan fingerprint density at radius 1 is 1.26 bits per heavy atom. The molecule has 0 saturated heterocycles. The molecule has 0 unspecified atom stereocenters. The predicted molar refractivity (Wildman–Crippen MR) is 84.6 cm³/mol. The summed E-state index contributed by atoms with van der Waals surface area (Å²) in [6.45, 7) is 2.90.